The Morgan fingerprint density at radius 2 is 2.27 bits per heavy atom. The van der Waals surface area contributed by atoms with Crippen LogP contribution in [0.25, 0.3) is 0 Å². The molecule has 0 aliphatic carbocycles. The van der Waals surface area contributed by atoms with Crippen LogP contribution in [0.4, 0.5) is 0 Å². The highest BCUT2D eigenvalue weighted by atomic mass is 32.1. The van der Waals surface area contributed by atoms with Crippen molar-refractivity contribution in [2.75, 3.05) is 13.1 Å². The van der Waals surface area contributed by atoms with E-state index in [0.717, 1.165) is 30.8 Å². The molecule has 2 heterocycles. The molecular formula is C16H19N3O2S. The third-order valence-corrected chi connectivity index (χ3v) is 4.47. The van der Waals surface area contributed by atoms with Crippen molar-refractivity contribution in [2.45, 2.75) is 25.5 Å². The number of nitrogens with one attached hydrogen (secondary N) is 2. The number of thiazole rings is 1. The van der Waals surface area contributed by atoms with Crippen LogP contribution in [0.5, 0.6) is 5.75 Å². The number of nitrogens with zero attached hydrogens (tertiary/aromatic N) is 1. The fourth-order valence-electron chi connectivity index (χ4n) is 2.44. The monoisotopic (exact) mass is 317 g/mol. The maximum Gasteiger partial charge on any atom is 0.263 e. The Balaban J connectivity index is 1.58. The molecule has 1 saturated heterocycles. The molecule has 1 unspecified atom stereocenters. The highest BCUT2D eigenvalue weighted by Gasteiger charge is 2.16. The molecule has 1 aliphatic rings. The number of carbonyl (C=O) groups is 1. The minimum absolute atomic E-state index is 0.0585. The van der Waals surface area contributed by atoms with Crippen LogP contribution in [0.1, 0.15) is 34.6 Å². The second-order valence-corrected chi connectivity index (χ2v) is 6.25. The topological polar surface area (TPSA) is 63.2 Å². The smallest absolute Gasteiger partial charge is 0.263 e. The number of rotatable bonds is 5. The van der Waals surface area contributed by atoms with Crippen LogP contribution in [0.3, 0.4) is 0 Å². The lowest BCUT2D eigenvalue weighted by Gasteiger charge is -2.16. The summed E-state index contributed by atoms with van der Waals surface area (Å²) in [6.45, 7) is 3.89. The van der Waals surface area contributed by atoms with Gasteiger partial charge in [-0.3, -0.25) is 9.78 Å². The van der Waals surface area contributed by atoms with Crippen LogP contribution in [-0.2, 0) is 0 Å². The van der Waals surface area contributed by atoms with E-state index in [4.69, 9.17) is 4.74 Å². The average molecular weight is 317 g/mol. The molecule has 2 N–H and O–H groups in total. The lowest BCUT2D eigenvalue weighted by atomic mass is 10.1. The van der Waals surface area contributed by atoms with Crippen LogP contribution in [0, 0.1) is 0 Å². The highest BCUT2D eigenvalue weighted by molar-refractivity contribution is 7.11. The first-order valence-corrected chi connectivity index (χ1v) is 8.27. The van der Waals surface area contributed by atoms with Gasteiger partial charge in [-0.1, -0.05) is 12.1 Å². The van der Waals surface area contributed by atoms with Gasteiger partial charge in [-0.05, 0) is 37.6 Å². The molecular weight excluding hydrogens is 298 g/mol. The molecule has 1 fully saturated rings. The summed E-state index contributed by atoms with van der Waals surface area (Å²) in [7, 11) is 0. The maximum absolute atomic E-state index is 12.0. The Morgan fingerprint density at radius 3 is 2.91 bits per heavy atom. The van der Waals surface area contributed by atoms with Crippen molar-refractivity contribution in [3.63, 3.8) is 0 Å². The molecule has 116 valence electrons. The summed E-state index contributed by atoms with van der Waals surface area (Å²) in [5.74, 6) is 0.783. The molecule has 2 aromatic rings. The van der Waals surface area contributed by atoms with Crippen LogP contribution < -0.4 is 15.4 Å². The van der Waals surface area contributed by atoms with Crippen LogP contribution >= 0.6 is 11.3 Å². The quantitative estimate of drug-likeness (QED) is 0.889. The Hall–Kier alpha value is -1.92. The molecule has 0 saturated carbocycles. The van der Waals surface area contributed by atoms with Gasteiger partial charge in [-0.2, -0.15) is 0 Å². The fourth-order valence-corrected chi connectivity index (χ4v) is 2.96. The number of ether oxygens (including phenoxy) is 1. The number of amides is 1. The molecule has 6 heteroatoms. The van der Waals surface area contributed by atoms with E-state index in [1.54, 1.807) is 11.7 Å². The van der Waals surface area contributed by atoms with Gasteiger partial charge >= 0.3 is 0 Å². The van der Waals surface area contributed by atoms with E-state index in [-0.39, 0.29) is 18.1 Å². The summed E-state index contributed by atoms with van der Waals surface area (Å²) in [5, 5.41) is 6.25. The summed E-state index contributed by atoms with van der Waals surface area (Å²) in [6, 6.07) is 7.85. The third kappa shape index (κ3) is 3.64. The lowest BCUT2D eigenvalue weighted by molar-refractivity contribution is 0.0944. The molecule has 1 amide bonds. The molecule has 0 spiro atoms. The Kier molecular flexibility index (Phi) is 4.70. The molecule has 1 aromatic heterocycles. The first-order valence-electron chi connectivity index (χ1n) is 7.39. The van der Waals surface area contributed by atoms with Crippen LogP contribution in [0.15, 0.2) is 36.0 Å². The third-order valence-electron chi connectivity index (χ3n) is 3.70. The minimum atomic E-state index is -0.0904. The fraction of sp³-hybridized carbons (Fsp3) is 0.375. The largest absolute Gasteiger partial charge is 0.489 e. The molecule has 2 atom stereocenters. The summed E-state index contributed by atoms with van der Waals surface area (Å²) in [5.41, 5.74) is 2.71. The standard InChI is InChI=1S/C16H19N3O2S/c1-11(19-16(20)15-9-18-10-22-15)12-2-4-13(5-3-12)21-14-6-7-17-8-14/h2-5,9-11,14,17H,6-8H2,1H3,(H,19,20)/t11-,14?/m0/s1. The zero-order chi connectivity index (χ0) is 15.4. The number of aromatic nitrogens is 1. The van der Waals surface area contributed by atoms with Gasteiger partial charge in [0.15, 0.2) is 0 Å². The van der Waals surface area contributed by atoms with Crippen molar-refractivity contribution in [1.29, 1.82) is 0 Å². The molecule has 0 bridgehead atoms. The van der Waals surface area contributed by atoms with Gasteiger partial charge in [0.05, 0.1) is 17.7 Å². The van der Waals surface area contributed by atoms with E-state index in [0.29, 0.717) is 4.88 Å². The van der Waals surface area contributed by atoms with Gasteiger partial charge in [0.25, 0.3) is 5.91 Å². The predicted molar refractivity (Wildman–Crippen MR) is 86.3 cm³/mol. The molecule has 0 radical (unpaired) electrons. The van der Waals surface area contributed by atoms with E-state index in [1.165, 1.54) is 11.3 Å². The molecule has 22 heavy (non-hydrogen) atoms. The molecule has 1 aliphatic heterocycles. The summed E-state index contributed by atoms with van der Waals surface area (Å²) >= 11 is 1.34. The van der Waals surface area contributed by atoms with Gasteiger partial charge in [0.1, 0.15) is 16.7 Å². The first-order chi connectivity index (χ1) is 10.7. The van der Waals surface area contributed by atoms with Gasteiger partial charge in [-0.25, -0.2) is 0 Å². The van der Waals surface area contributed by atoms with Gasteiger partial charge in [0.2, 0.25) is 0 Å². The van der Waals surface area contributed by atoms with Crippen molar-refractivity contribution in [2.24, 2.45) is 0 Å². The summed E-state index contributed by atoms with van der Waals surface area (Å²) < 4.78 is 5.89. The number of benzene rings is 1. The normalized spacial score (nSPS) is 18.9. The predicted octanol–water partition coefficient (Wildman–Crippen LogP) is 2.37. The number of hydrogen-bond donors (Lipinski definition) is 2. The Morgan fingerprint density at radius 1 is 1.45 bits per heavy atom. The van der Waals surface area contributed by atoms with Crippen molar-refractivity contribution < 1.29 is 9.53 Å². The first kappa shape index (κ1) is 15.0. The Labute approximate surface area is 133 Å². The SMILES string of the molecule is C[C@H](NC(=O)c1cncs1)c1ccc(OC2CCNC2)cc1. The van der Waals surface area contributed by atoms with Gasteiger partial charge in [-0.15, -0.1) is 11.3 Å². The average Bonchev–Trinajstić information content (AvgIpc) is 3.21. The van der Waals surface area contributed by atoms with E-state index < -0.39 is 0 Å². The summed E-state index contributed by atoms with van der Waals surface area (Å²) in [4.78, 5) is 16.6. The van der Waals surface area contributed by atoms with E-state index in [9.17, 15) is 4.79 Å². The highest BCUT2D eigenvalue weighted by Crippen LogP contribution is 2.20. The minimum Gasteiger partial charge on any atom is -0.489 e. The van der Waals surface area contributed by atoms with E-state index in [2.05, 4.69) is 15.6 Å². The van der Waals surface area contributed by atoms with E-state index >= 15 is 0 Å². The number of carbonyl (C=O) groups excluding carboxylic acids is 1. The van der Waals surface area contributed by atoms with Crippen LogP contribution in [-0.4, -0.2) is 30.1 Å². The van der Waals surface area contributed by atoms with E-state index in [1.807, 2.05) is 31.2 Å². The zero-order valence-corrected chi connectivity index (χ0v) is 13.2. The lowest BCUT2D eigenvalue weighted by Crippen LogP contribution is -2.25. The summed E-state index contributed by atoms with van der Waals surface area (Å²) in [6.07, 6.45) is 2.89. The molecule has 3 rings (SSSR count). The Bertz CT molecular complexity index is 607. The molecule has 1 aromatic carbocycles. The van der Waals surface area contributed by atoms with Crippen molar-refractivity contribution in [1.82, 2.24) is 15.6 Å². The molecule has 5 nitrogen and oxygen atoms in total. The van der Waals surface area contributed by atoms with Crippen molar-refractivity contribution >= 4 is 17.2 Å². The van der Waals surface area contributed by atoms with Crippen LogP contribution in [0.2, 0.25) is 0 Å². The number of hydrogen-bond acceptors (Lipinski definition) is 5. The van der Waals surface area contributed by atoms with Crippen molar-refractivity contribution in [3.8, 4) is 5.75 Å². The van der Waals surface area contributed by atoms with Crippen molar-refractivity contribution in [3.05, 3.63) is 46.4 Å². The zero-order valence-electron chi connectivity index (χ0n) is 12.4. The second kappa shape index (κ2) is 6.89. The van der Waals surface area contributed by atoms with Gasteiger partial charge < -0.3 is 15.4 Å². The second-order valence-electron chi connectivity index (χ2n) is 5.36. The maximum atomic E-state index is 12.0. The van der Waals surface area contributed by atoms with Gasteiger partial charge in [0, 0.05) is 6.54 Å².